The number of fused-ring (bicyclic) bond motifs is 1. The lowest BCUT2D eigenvalue weighted by atomic mass is 9.99. The molecule has 0 bridgehead atoms. The van der Waals surface area contributed by atoms with Gasteiger partial charge in [-0.15, -0.1) is 0 Å². The van der Waals surface area contributed by atoms with E-state index in [1.807, 2.05) is 6.92 Å². The maximum absolute atomic E-state index is 13.2. The standard InChI is InChI=1S/C17H18FNO/c1-3-12-4-6-13(7-5-12)17-11(2)19-15-10-14(18)8-9-16(15)20-17/h4-11,17,19H,3H2,1-2H3. The lowest BCUT2D eigenvalue weighted by Gasteiger charge is -2.33. The van der Waals surface area contributed by atoms with Crippen LogP contribution in [0.15, 0.2) is 42.5 Å². The molecule has 2 aromatic rings. The maximum Gasteiger partial charge on any atom is 0.144 e. The van der Waals surface area contributed by atoms with E-state index in [4.69, 9.17) is 4.74 Å². The molecule has 1 N–H and O–H groups in total. The molecular formula is C17H18FNO. The number of ether oxygens (including phenoxy) is 1. The molecule has 0 aromatic heterocycles. The number of benzene rings is 2. The lowest BCUT2D eigenvalue weighted by Crippen LogP contribution is -2.32. The smallest absolute Gasteiger partial charge is 0.144 e. The normalized spacial score (nSPS) is 20.8. The van der Waals surface area contributed by atoms with E-state index < -0.39 is 0 Å². The van der Waals surface area contributed by atoms with Gasteiger partial charge in [-0.1, -0.05) is 31.2 Å². The van der Waals surface area contributed by atoms with Crippen molar-refractivity contribution < 1.29 is 9.13 Å². The van der Waals surface area contributed by atoms with Crippen molar-refractivity contribution in [3.63, 3.8) is 0 Å². The highest BCUT2D eigenvalue weighted by Gasteiger charge is 2.27. The van der Waals surface area contributed by atoms with Gasteiger partial charge in [0, 0.05) is 6.07 Å². The molecule has 2 atom stereocenters. The molecule has 0 aliphatic carbocycles. The van der Waals surface area contributed by atoms with E-state index in [2.05, 4.69) is 36.5 Å². The molecule has 2 nitrogen and oxygen atoms in total. The Kier molecular flexibility index (Phi) is 3.35. The Morgan fingerprint density at radius 2 is 1.90 bits per heavy atom. The van der Waals surface area contributed by atoms with Crippen molar-refractivity contribution in [2.24, 2.45) is 0 Å². The van der Waals surface area contributed by atoms with Gasteiger partial charge in [0.05, 0.1) is 11.7 Å². The Bertz CT molecular complexity index is 609. The SMILES string of the molecule is CCc1ccc(C2Oc3ccc(F)cc3NC2C)cc1. The van der Waals surface area contributed by atoms with Crippen LogP contribution in [0.4, 0.5) is 10.1 Å². The Hall–Kier alpha value is -2.03. The summed E-state index contributed by atoms with van der Waals surface area (Å²) in [4.78, 5) is 0. The van der Waals surface area contributed by atoms with Gasteiger partial charge >= 0.3 is 0 Å². The largest absolute Gasteiger partial charge is 0.481 e. The summed E-state index contributed by atoms with van der Waals surface area (Å²) in [6.07, 6.45) is 0.973. The van der Waals surface area contributed by atoms with Crippen LogP contribution in [-0.4, -0.2) is 6.04 Å². The number of nitrogens with one attached hydrogen (secondary N) is 1. The Labute approximate surface area is 118 Å². The maximum atomic E-state index is 13.2. The summed E-state index contributed by atoms with van der Waals surface area (Å²) in [6.45, 7) is 4.19. The Morgan fingerprint density at radius 1 is 1.15 bits per heavy atom. The van der Waals surface area contributed by atoms with Crippen molar-refractivity contribution in [1.82, 2.24) is 0 Å². The predicted molar refractivity (Wildman–Crippen MR) is 78.7 cm³/mol. The van der Waals surface area contributed by atoms with Crippen LogP contribution >= 0.6 is 0 Å². The first-order chi connectivity index (χ1) is 9.67. The highest BCUT2D eigenvalue weighted by Crippen LogP contribution is 2.37. The fourth-order valence-electron chi connectivity index (χ4n) is 2.58. The van der Waals surface area contributed by atoms with E-state index in [9.17, 15) is 4.39 Å². The minimum Gasteiger partial charge on any atom is -0.481 e. The van der Waals surface area contributed by atoms with Crippen LogP contribution in [0.3, 0.4) is 0 Å². The molecule has 2 aromatic carbocycles. The van der Waals surface area contributed by atoms with Crippen molar-refractivity contribution in [3.8, 4) is 5.75 Å². The summed E-state index contributed by atoms with van der Waals surface area (Å²) in [7, 11) is 0. The van der Waals surface area contributed by atoms with Crippen LogP contribution < -0.4 is 10.1 Å². The number of rotatable bonds is 2. The molecular weight excluding hydrogens is 253 g/mol. The first-order valence-corrected chi connectivity index (χ1v) is 6.99. The second-order valence-electron chi connectivity index (χ2n) is 5.21. The molecule has 0 radical (unpaired) electrons. The van der Waals surface area contributed by atoms with Crippen molar-refractivity contribution in [1.29, 1.82) is 0 Å². The van der Waals surface area contributed by atoms with Crippen LogP contribution in [0.2, 0.25) is 0 Å². The summed E-state index contributed by atoms with van der Waals surface area (Å²) in [5, 5.41) is 3.31. The summed E-state index contributed by atoms with van der Waals surface area (Å²) in [6, 6.07) is 13.1. The number of hydrogen-bond acceptors (Lipinski definition) is 2. The molecule has 2 unspecified atom stereocenters. The van der Waals surface area contributed by atoms with Gasteiger partial charge in [-0.25, -0.2) is 4.39 Å². The summed E-state index contributed by atoms with van der Waals surface area (Å²) in [5.74, 6) is 0.451. The van der Waals surface area contributed by atoms with Gasteiger partial charge in [0.15, 0.2) is 0 Å². The third-order valence-electron chi connectivity index (χ3n) is 3.75. The van der Waals surface area contributed by atoms with E-state index in [1.165, 1.54) is 17.7 Å². The van der Waals surface area contributed by atoms with E-state index in [1.54, 1.807) is 6.07 Å². The predicted octanol–water partition coefficient (Wildman–Crippen LogP) is 4.32. The first kappa shape index (κ1) is 13.0. The molecule has 0 saturated carbocycles. The molecule has 3 rings (SSSR count). The number of aryl methyl sites for hydroxylation is 1. The van der Waals surface area contributed by atoms with Crippen molar-refractivity contribution in [2.75, 3.05) is 5.32 Å². The zero-order valence-corrected chi connectivity index (χ0v) is 11.7. The van der Waals surface area contributed by atoms with Gasteiger partial charge < -0.3 is 10.1 Å². The van der Waals surface area contributed by atoms with Gasteiger partial charge in [-0.05, 0) is 36.6 Å². The van der Waals surface area contributed by atoms with Crippen LogP contribution in [0.25, 0.3) is 0 Å². The van der Waals surface area contributed by atoms with Crippen molar-refractivity contribution >= 4 is 5.69 Å². The van der Waals surface area contributed by atoms with Crippen molar-refractivity contribution in [3.05, 3.63) is 59.4 Å². The van der Waals surface area contributed by atoms with E-state index in [0.29, 0.717) is 5.75 Å². The summed E-state index contributed by atoms with van der Waals surface area (Å²) >= 11 is 0. The second-order valence-corrected chi connectivity index (χ2v) is 5.21. The third-order valence-corrected chi connectivity index (χ3v) is 3.75. The Balaban J connectivity index is 1.89. The highest BCUT2D eigenvalue weighted by molar-refractivity contribution is 5.59. The lowest BCUT2D eigenvalue weighted by molar-refractivity contribution is 0.177. The minimum atomic E-state index is -0.252. The molecule has 3 heteroatoms. The summed E-state index contributed by atoms with van der Waals surface area (Å²) < 4.78 is 19.3. The molecule has 1 aliphatic rings. The number of hydrogen-bond donors (Lipinski definition) is 1. The average Bonchev–Trinajstić information content (AvgIpc) is 2.46. The molecule has 20 heavy (non-hydrogen) atoms. The zero-order chi connectivity index (χ0) is 14.1. The second kappa shape index (κ2) is 5.16. The van der Waals surface area contributed by atoms with Gasteiger partial charge in [0.1, 0.15) is 17.7 Å². The molecule has 0 amide bonds. The van der Waals surface area contributed by atoms with E-state index in [0.717, 1.165) is 17.7 Å². The molecule has 0 saturated heterocycles. The van der Waals surface area contributed by atoms with E-state index >= 15 is 0 Å². The van der Waals surface area contributed by atoms with Gasteiger partial charge in [-0.2, -0.15) is 0 Å². The van der Waals surface area contributed by atoms with Crippen LogP contribution in [-0.2, 0) is 6.42 Å². The topological polar surface area (TPSA) is 21.3 Å². The molecule has 1 aliphatic heterocycles. The zero-order valence-electron chi connectivity index (χ0n) is 11.7. The van der Waals surface area contributed by atoms with Gasteiger partial charge in [0.25, 0.3) is 0 Å². The molecule has 104 valence electrons. The molecule has 1 heterocycles. The minimum absolute atomic E-state index is 0.0566. The molecule has 0 spiro atoms. The van der Waals surface area contributed by atoms with Crippen LogP contribution in [0.5, 0.6) is 5.75 Å². The number of halogens is 1. The van der Waals surface area contributed by atoms with Crippen LogP contribution in [0.1, 0.15) is 31.1 Å². The first-order valence-electron chi connectivity index (χ1n) is 6.99. The number of anilines is 1. The average molecular weight is 271 g/mol. The quantitative estimate of drug-likeness (QED) is 0.878. The summed E-state index contributed by atoms with van der Waals surface area (Å²) in [5.41, 5.74) is 3.17. The van der Waals surface area contributed by atoms with Crippen LogP contribution in [0, 0.1) is 5.82 Å². The van der Waals surface area contributed by atoms with Crippen molar-refractivity contribution in [2.45, 2.75) is 32.4 Å². The molecule has 0 fully saturated rings. The monoisotopic (exact) mass is 271 g/mol. The fourth-order valence-corrected chi connectivity index (χ4v) is 2.58. The van der Waals surface area contributed by atoms with Gasteiger partial charge in [0.2, 0.25) is 0 Å². The Morgan fingerprint density at radius 3 is 2.60 bits per heavy atom. The highest BCUT2D eigenvalue weighted by atomic mass is 19.1. The van der Waals surface area contributed by atoms with E-state index in [-0.39, 0.29) is 18.0 Å². The third kappa shape index (κ3) is 2.36. The van der Waals surface area contributed by atoms with Gasteiger partial charge in [-0.3, -0.25) is 0 Å². The fraction of sp³-hybridized carbons (Fsp3) is 0.294.